The van der Waals surface area contributed by atoms with E-state index < -0.39 is 0 Å². The molecule has 0 spiro atoms. The van der Waals surface area contributed by atoms with Crippen molar-refractivity contribution in [3.63, 3.8) is 0 Å². The van der Waals surface area contributed by atoms with Gasteiger partial charge in [0.1, 0.15) is 11.0 Å². The standard InChI is InChI=1S/C17H10O3/c18-12-4-1-10-3-6-16-15(14(10)8-12)7-11-2-5-13(19)9-17(11)20-16/h1-4,6-9H,5H2. The SMILES string of the molecule is O=C1C=c2oc3ccc4ccc(=O)cc4c3cc2=CC1. The van der Waals surface area contributed by atoms with Crippen molar-refractivity contribution in [2.45, 2.75) is 6.42 Å². The van der Waals surface area contributed by atoms with E-state index in [9.17, 15) is 9.59 Å². The molecular formula is C17H10O3. The largest absolute Gasteiger partial charge is 0.456 e. The first kappa shape index (κ1) is 11.2. The first-order chi connectivity index (χ1) is 9.70. The minimum Gasteiger partial charge on any atom is -0.456 e. The molecule has 1 aliphatic rings. The molecule has 0 unspecified atom stereocenters. The summed E-state index contributed by atoms with van der Waals surface area (Å²) in [5.41, 5.74) is 1.25. The molecule has 1 aliphatic carbocycles. The molecule has 1 aromatic heterocycles. The molecule has 3 heteroatoms. The smallest absolute Gasteiger partial charge is 0.179 e. The lowest BCUT2D eigenvalue weighted by atomic mass is 10.0. The van der Waals surface area contributed by atoms with Crippen molar-refractivity contribution in [1.29, 1.82) is 0 Å². The molecule has 0 radical (unpaired) electrons. The minimum atomic E-state index is -0.0200. The van der Waals surface area contributed by atoms with E-state index in [1.807, 2.05) is 30.3 Å². The second-order valence-corrected chi connectivity index (χ2v) is 4.95. The molecule has 4 rings (SSSR count). The normalized spacial score (nSPS) is 13.9. The lowest BCUT2D eigenvalue weighted by Gasteiger charge is -2.05. The van der Waals surface area contributed by atoms with Crippen molar-refractivity contribution >= 4 is 39.7 Å². The highest BCUT2D eigenvalue weighted by atomic mass is 16.3. The Hall–Kier alpha value is -2.68. The Morgan fingerprint density at radius 2 is 1.80 bits per heavy atom. The molecule has 0 bridgehead atoms. The van der Waals surface area contributed by atoms with Crippen molar-refractivity contribution in [3.8, 4) is 0 Å². The molecule has 0 saturated heterocycles. The number of carbonyl (C=O) groups excluding carboxylic acids is 1. The number of hydrogen-bond donors (Lipinski definition) is 0. The van der Waals surface area contributed by atoms with E-state index in [2.05, 4.69) is 0 Å². The quantitative estimate of drug-likeness (QED) is 0.576. The fourth-order valence-electron chi connectivity index (χ4n) is 2.63. The number of carbonyl (C=O) groups is 1. The van der Waals surface area contributed by atoms with Gasteiger partial charge in [0, 0.05) is 23.1 Å². The van der Waals surface area contributed by atoms with Crippen LogP contribution in [0.4, 0.5) is 0 Å². The van der Waals surface area contributed by atoms with Crippen LogP contribution in [0, 0.1) is 0 Å². The van der Waals surface area contributed by atoms with Crippen molar-refractivity contribution in [3.05, 3.63) is 57.3 Å². The second kappa shape index (κ2) is 3.90. The number of hydrogen-bond acceptors (Lipinski definition) is 3. The Kier molecular flexibility index (Phi) is 2.18. The molecule has 0 saturated carbocycles. The number of fused-ring (bicyclic) bond motifs is 4. The molecule has 3 nitrogen and oxygen atoms in total. The summed E-state index contributed by atoms with van der Waals surface area (Å²) in [6.45, 7) is 0. The molecule has 20 heavy (non-hydrogen) atoms. The van der Waals surface area contributed by atoms with E-state index in [0.717, 1.165) is 21.4 Å². The summed E-state index contributed by atoms with van der Waals surface area (Å²) >= 11 is 0. The van der Waals surface area contributed by atoms with E-state index in [4.69, 9.17) is 4.42 Å². The highest BCUT2D eigenvalue weighted by molar-refractivity contribution is 6.10. The minimum absolute atomic E-state index is 0.0200. The van der Waals surface area contributed by atoms with Crippen LogP contribution in [0.1, 0.15) is 6.42 Å². The van der Waals surface area contributed by atoms with Crippen LogP contribution in [0.3, 0.4) is 0 Å². The number of benzene rings is 2. The van der Waals surface area contributed by atoms with Gasteiger partial charge in [0.05, 0.1) is 0 Å². The Labute approximate surface area is 113 Å². The van der Waals surface area contributed by atoms with Gasteiger partial charge in [-0.15, -0.1) is 0 Å². The zero-order valence-corrected chi connectivity index (χ0v) is 10.6. The lowest BCUT2D eigenvalue weighted by Crippen LogP contribution is -2.28. The number of Topliss-reactive ketones (excluding diaryl/α,β-unsaturated/α-hetero) is 1. The van der Waals surface area contributed by atoms with Crippen LogP contribution in [0.15, 0.2) is 45.6 Å². The Bertz CT molecular complexity index is 1060. The number of rotatable bonds is 0. The van der Waals surface area contributed by atoms with Gasteiger partial charge in [0.2, 0.25) is 0 Å². The summed E-state index contributed by atoms with van der Waals surface area (Å²) in [6.07, 6.45) is 3.79. The second-order valence-electron chi connectivity index (χ2n) is 4.95. The third-order valence-corrected chi connectivity index (χ3v) is 3.61. The predicted octanol–water partition coefficient (Wildman–Crippen LogP) is 1.48. The average Bonchev–Trinajstić information content (AvgIpc) is 2.45. The van der Waals surface area contributed by atoms with Gasteiger partial charge in [-0.3, -0.25) is 9.59 Å². The van der Waals surface area contributed by atoms with Gasteiger partial charge in [0.25, 0.3) is 0 Å². The molecule has 96 valence electrons. The summed E-state index contributed by atoms with van der Waals surface area (Å²) in [6, 6.07) is 10.8. The van der Waals surface area contributed by atoms with Gasteiger partial charge in [-0.05, 0) is 35.0 Å². The van der Waals surface area contributed by atoms with Crippen LogP contribution >= 0.6 is 0 Å². The molecule has 0 fully saturated rings. The summed E-state index contributed by atoms with van der Waals surface area (Å²) in [4.78, 5) is 23.0. The van der Waals surface area contributed by atoms with Crippen molar-refractivity contribution < 1.29 is 9.21 Å². The van der Waals surface area contributed by atoms with Gasteiger partial charge in [-0.1, -0.05) is 18.2 Å². The van der Waals surface area contributed by atoms with E-state index >= 15 is 0 Å². The summed E-state index contributed by atoms with van der Waals surface area (Å²) < 4.78 is 5.79. The third-order valence-electron chi connectivity index (χ3n) is 3.61. The summed E-state index contributed by atoms with van der Waals surface area (Å²) in [7, 11) is 0. The van der Waals surface area contributed by atoms with Crippen molar-refractivity contribution in [2.24, 2.45) is 0 Å². The molecule has 0 amide bonds. The molecule has 0 N–H and O–H groups in total. The van der Waals surface area contributed by atoms with E-state index in [1.165, 1.54) is 6.08 Å². The molecule has 2 aromatic carbocycles. The summed E-state index contributed by atoms with van der Waals surface area (Å²) in [5.74, 6) is 0.0447. The van der Waals surface area contributed by atoms with Crippen LogP contribution in [0.2, 0.25) is 0 Å². The highest BCUT2D eigenvalue weighted by Crippen LogP contribution is 2.22. The van der Waals surface area contributed by atoms with Crippen LogP contribution in [0.5, 0.6) is 0 Å². The zero-order chi connectivity index (χ0) is 13.7. The Balaban J connectivity index is 2.25. The maximum atomic E-state index is 11.6. The van der Waals surface area contributed by atoms with Crippen molar-refractivity contribution in [1.82, 2.24) is 0 Å². The van der Waals surface area contributed by atoms with Gasteiger partial charge in [-0.25, -0.2) is 0 Å². The van der Waals surface area contributed by atoms with E-state index in [1.54, 1.807) is 12.1 Å². The molecule has 1 heterocycles. The molecule has 3 aromatic rings. The topological polar surface area (TPSA) is 47.3 Å². The third kappa shape index (κ3) is 1.60. The van der Waals surface area contributed by atoms with Gasteiger partial charge in [-0.2, -0.15) is 0 Å². The van der Waals surface area contributed by atoms with Crippen LogP contribution in [0.25, 0.3) is 33.9 Å². The van der Waals surface area contributed by atoms with Crippen LogP contribution in [-0.4, -0.2) is 5.78 Å². The monoisotopic (exact) mass is 262 g/mol. The average molecular weight is 262 g/mol. The van der Waals surface area contributed by atoms with Gasteiger partial charge >= 0.3 is 0 Å². The maximum Gasteiger partial charge on any atom is 0.179 e. The first-order valence-electron chi connectivity index (χ1n) is 6.42. The predicted molar refractivity (Wildman–Crippen MR) is 77.8 cm³/mol. The Morgan fingerprint density at radius 1 is 0.950 bits per heavy atom. The lowest BCUT2D eigenvalue weighted by molar-refractivity contribution is -0.112. The zero-order valence-electron chi connectivity index (χ0n) is 10.6. The van der Waals surface area contributed by atoms with Crippen LogP contribution in [-0.2, 0) is 4.79 Å². The summed E-state index contributed by atoms with van der Waals surface area (Å²) in [5, 5.41) is 3.69. The number of ketones is 1. The highest BCUT2D eigenvalue weighted by Gasteiger charge is 2.07. The van der Waals surface area contributed by atoms with Crippen LogP contribution < -0.4 is 16.1 Å². The Morgan fingerprint density at radius 3 is 2.70 bits per heavy atom. The first-order valence-corrected chi connectivity index (χ1v) is 6.42. The van der Waals surface area contributed by atoms with Gasteiger partial charge in [0.15, 0.2) is 11.2 Å². The fraction of sp³-hybridized carbons (Fsp3) is 0.0588. The van der Waals surface area contributed by atoms with Crippen molar-refractivity contribution in [2.75, 3.05) is 0 Å². The molecular weight excluding hydrogens is 252 g/mol. The molecule has 0 aliphatic heterocycles. The van der Waals surface area contributed by atoms with E-state index in [0.29, 0.717) is 17.4 Å². The maximum absolute atomic E-state index is 11.6. The van der Waals surface area contributed by atoms with Gasteiger partial charge < -0.3 is 4.42 Å². The molecule has 0 atom stereocenters. The fourth-order valence-corrected chi connectivity index (χ4v) is 2.63. The van der Waals surface area contributed by atoms with E-state index in [-0.39, 0.29) is 11.2 Å².